The van der Waals surface area contributed by atoms with Gasteiger partial charge in [0.15, 0.2) is 5.82 Å². The van der Waals surface area contributed by atoms with Gasteiger partial charge in [-0.2, -0.15) is 4.98 Å². The van der Waals surface area contributed by atoms with Crippen LogP contribution in [0.3, 0.4) is 0 Å². The lowest BCUT2D eigenvalue weighted by Crippen LogP contribution is -2.09. The van der Waals surface area contributed by atoms with Crippen molar-refractivity contribution in [2.24, 2.45) is 0 Å². The Morgan fingerprint density at radius 2 is 1.91 bits per heavy atom. The first-order valence-corrected chi connectivity index (χ1v) is 7.07. The molecule has 2 heterocycles. The number of aryl methyl sites for hydroxylation is 1. The maximum atomic E-state index is 13.6. The number of halogens is 2. The number of anilines is 1. The standard InChI is InChI=1S/C16H14F2N4O/c1-10-21-16(23-22-10)12-4-3-8-19-15(12)20-9-7-11-13(17)5-2-6-14(11)18/h2-6,8H,7,9H2,1H3,(H,19,20). The zero-order valence-electron chi connectivity index (χ0n) is 12.4. The van der Waals surface area contributed by atoms with Crippen LogP contribution in [0, 0.1) is 18.6 Å². The third-order valence-corrected chi connectivity index (χ3v) is 3.29. The topological polar surface area (TPSA) is 63.8 Å². The van der Waals surface area contributed by atoms with Crippen molar-refractivity contribution in [2.75, 3.05) is 11.9 Å². The fraction of sp³-hybridized carbons (Fsp3) is 0.188. The van der Waals surface area contributed by atoms with Crippen molar-refractivity contribution in [1.29, 1.82) is 0 Å². The molecule has 1 N–H and O–H groups in total. The first-order chi connectivity index (χ1) is 11.1. The van der Waals surface area contributed by atoms with E-state index in [-0.39, 0.29) is 12.0 Å². The zero-order valence-corrected chi connectivity index (χ0v) is 12.4. The molecule has 0 unspecified atom stereocenters. The van der Waals surface area contributed by atoms with Gasteiger partial charge in [0.2, 0.25) is 0 Å². The molecule has 0 spiro atoms. The van der Waals surface area contributed by atoms with Gasteiger partial charge in [-0.25, -0.2) is 13.8 Å². The molecule has 3 aromatic rings. The van der Waals surface area contributed by atoms with Crippen LogP contribution >= 0.6 is 0 Å². The summed E-state index contributed by atoms with van der Waals surface area (Å²) in [5, 5.41) is 6.80. The van der Waals surface area contributed by atoms with Crippen LogP contribution in [0.2, 0.25) is 0 Å². The van der Waals surface area contributed by atoms with Crippen LogP contribution in [-0.2, 0) is 6.42 Å². The number of hydrogen-bond donors (Lipinski definition) is 1. The monoisotopic (exact) mass is 316 g/mol. The quantitative estimate of drug-likeness (QED) is 0.782. The Hall–Kier alpha value is -2.83. The van der Waals surface area contributed by atoms with E-state index < -0.39 is 11.6 Å². The molecule has 7 heteroatoms. The van der Waals surface area contributed by atoms with E-state index in [0.717, 1.165) is 0 Å². The molecule has 3 rings (SSSR count). The summed E-state index contributed by atoms with van der Waals surface area (Å²) in [6.07, 6.45) is 1.80. The van der Waals surface area contributed by atoms with Crippen molar-refractivity contribution in [1.82, 2.24) is 15.1 Å². The summed E-state index contributed by atoms with van der Waals surface area (Å²) >= 11 is 0. The molecule has 23 heavy (non-hydrogen) atoms. The highest BCUT2D eigenvalue weighted by molar-refractivity contribution is 5.68. The highest BCUT2D eigenvalue weighted by atomic mass is 19.1. The number of aromatic nitrogens is 3. The van der Waals surface area contributed by atoms with Gasteiger partial charge in [-0.05, 0) is 37.6 Å². The zero-order chi connectivity index (χ0) is 16.2. The van der Waals surface area contributed by atoms with E-state index in [4.69, 9.17) is 4.52 Å². The second-order valence-corrected chi connectivity index (χ2v) is 4.92. The van der Waals surface area contributed by atoms with Gasteiger partial charge in [-0.15, -0.1) is 0 Å². The van der Waals surface area contributed by atoms with Crippen LogP contribution in [0.15, 0.2) is 41.1 Å². The Morgan fingerprint density at radius 3 is 2.61 bits per heavy atom. The molecule has 0 aliphatic rings. The summed E-state index contributed by atoms with van der Waals surface area (Å²) in [6.45, 7) is 2.03. The van der Waals surface area contributed by atoms with Crippen molar-refractivity contribution in [3.05, 3.63) is 59.6 Å². The Labute approximate surface area is 131 Å². The Balaban J connectivity index is 1.74. The SMILES string of the molecule is Cc1noc(-c2cccnc2NCCc2c(F)cccc2F)n1. The number of pyridine rings is 1. The predicted molar refractivity (Wildman–Crippen MR) is 80.8 cm³/mol. The lowest BCUT2D eigenvalue weighted by Gasteiger charge is -2.09. The number of nitrogens with zero attached hydrogens (tertiary/aromatic N) is 3. The second-order valence-electron chi connectivity index (χ2n) is 4.92. The number of rotatable bonds is 5. The molecule has 2 aromatic heterocycles. The van der Waals surface area contributed by atoms with Crippen molar-refractivity contribution in [3.8, 4) is 11.5 Å². The fourth-order valence-corrected chi connectivity index (χ4v) is 2.20. The summed E-state index contributed by atoms with van der Waals surface area (Å²) < 4.78 is 32.3. The van der Waals surface area contributed by atoms with Gasteiger partial charge in [-0.1, -0.05) is 11.2 Å². The molecule has 0 aliphatic heterocycles. The second kappa shape index (κ2) is 6.51. The van der Waals surface area contributed by atoms with E-state index in [9.17, 15) is 8.78 Å². The van der Waals surface area contributed by atoms with Gasteiger partial charge < -0.3 is 9.84 Å². The average molecular weight is 316 g/mol. The van der Waals surface area contributed by atoms with Crippen molar-refractivity contribution in [2.45, 2.75) is 13.3 Å². The molecule has 0 saturated carbocycles. The number of nitrogens with one attached hydrogen (secondary N) is 1. The molecule has 5 nitrogen and oxygen atoms in total. The highest BCUT2D eigenvalue weighted by Gasteiger charge is 2.13. The Kier molecular flexibility index (Phi) is 4.27. The van der Waals surface area contributed by atoms with Crippen LogP contribution in [0.1, 0.15) is 11.4 Å². The molecule has 0 bridgehead atoms. The molecule has 118 valence electrons. The van der Waals surface area contributed by atoms with Gasteiger partial charge in [0, 0.05) is 18.3 Å². The normalized spacial score (nSPS) is 10.7. The van der Waals surface area contributed by atoms with Crippen molar-refractivity contribution < 1.29 is 13.3 Å². The maximum Gasteiger partial charge on any atom is 0.261 e. The summed E-state index contributed by atoms with van der Waals surface area (Å²) in [5.41, 5.74) is 0.688. The minimum atomic E-state index is -0.555. The fourth-order valence-electron chi connectivity index (χ4n) is 2.20. The van der Waals surface area contributed by atoms with E-state index in [0.29, 0.717) is 29.6 Å². The molecule has 0 amide bonds. The largest absolute Gasteiger partial charge is 0.369 e. The summed E-state index contributed by atoms with van der Waals surface area (Å²) in [6, 6.07) is 7.36. The first-order valence-electron chi connectivity index (χ1n) is 7.07. The van der Waals surface area contributed by atoms with E-state index in [1.807, 2.05) is 0 Å². The van der Waals surface area contributed by atoms with Crippen LogP contribution in [0.4, 0.5) is 14.6 Å². The third-order valence-electron chi connectivity index (χ3n) is 3.29. The lowest BCUT2D eigenvalue weighted by atomic mass is 10.1. The number of benzene rings is 1. The van der Waals surface area contributed by atoms with Gasteiger partial charge in [0.25, 0.3) is 5.89 Å². The van der Waals surface area contributed by atoms with Crippen LogP contribution in [0.25, 0.3) is 11.5 Å². The minimum Gasteiger partial charge on any atom is -0.369 e. The van der Waals surface area contributed by atoms with E-state index in [1.165, 1.54) is 18.2 Å². The van der Waals surface area contributed by atoms with E-state index in [1.54, 1.807) is 25.3 Å². The molecule has 0 saturated heterocycles. The highest BCUT2D eigenvalue weighted by Crippen LogP contribution is 2.24. The molecular formula is C16H14F2N4O. The lowest BCUT2D eigenvalue weighted by molar-refractivity contribution is 0.425. The van der Waals surface area contributed by atoms with Gasteiger partial charge in [0.05, 0.1) is 5.56 Å². The maximum absolute atomic E-state index is 13.6. The van der Waals surface area contributed by atoms with Crippen LogP contribution in [-0.4, -0.2) is 21.7 Å². The van der Waals surface area contributed by atoms with E-state index >= 15 is 0 Å². The minimum absolute atomic E-state index is 0.0473. The Morgan fingerprint density at radius 1 is 1.13 bits per heavy atom. The van der Waals surface area contributed by atoms with Gasteiger partial charge in [0.1, 0.15) is 17.5 Å². The summed E-state index contributed by atoms with van der Waals surface area (Å²) in [7, 11) is 0. The number of hydrogen-bond acceptors (Lipinski definition) is 5. The van der Waals surface area contributed by atoms with Crippen LogP contribution in [0.5, 0.6) is 0 Å². The predicted octanol–water partition coefficient (Wildman–Crippen LogP) is 3.37. The summed E-state index contributed by atoms with van der Waals surface area (Å²) in [4.78, 5) is 8.37. The van der Waals surface area contributed by atoms with Gasteiger partial charge in [-0.3, -0.25) is 0 Å². The third kappa shape index (κ3) is 3.33. The summed E-state index contributed by atoms with van der Waals surface area (Å²) in [5.74, 6) is 0.271. The molecule has 0 radical (unpaired) electrons. The van der Waals surface area contributed by atoms with E-state index in [2.05, 4.69) is 20.4 Å². The molecule has 0 atom stereocenters. The molecule has 1 aromatic carbocycles. The van der Waals surface area contributed by atoms with Crippen LogP contribution < -0.4 is 5.32 Å². The average Bonchev–Trinajstić information content (AvgIpc) is 2.97. The van der Waals surface area contributed by atoms with Gasteiger partial charge >= 0.3 is 0 Å². The van der Waals surface area contributed by atoms with Crippen molar-refractivity contribution >= 4 is 5.82 Å². The molecular weight excluding hydrogens is 302 g/mol. The molecule has 0 aliphatic carbocycles. The molecule has 0 fully saturated rings. The Bertz CT molecular complexity index is 799. The smallest absolute Gasteiger partial charge is 0.261 e. The van der Waals surface area contributed by atoms with Crippen molar-refractivity contribution in [3.63, 3.8) is 0 Å². The first kappa shape index (κ1) is 15.1.